The van der Waals surface area contributed by atoms with E-state index in [4.69, 9.17) is 4.74 Å². The fraction of sp³-hybridized carbons (Fsp3) is 0.286. The lowest BCUT2D eigenvalue weighted by Gasteiger charge is -2.11. The molecular formula is C14H17BrN2O3. The van der Waals surface area contributed by atoms with E-state index in [1.165, 1.54) is 4.57 Å². The standard InChI is InChI=1S/C14H17BrN2O3/c1-5-6-7-10(2)8-20-9-17-13(18)11(3)12(15)16(4)14(17)19/h5-7H,1-2,8-9H2,3-4H3/b7-6-. The molecule has 0 fully saturated rings. The van der Waals surface area contributed by atoms with Gasteiger partial charge in [0.1, 0.15) is 6.73 Å². The molecule has 0 amide bonds. The van der Waals surface area contributed by atoms with Gasteiger partial charge in [-0.1, -0.05) is 31.4 Å². The molecule has 0 saturated carbocycles. The lowest BCUT2D eigenvalue weighted by molar-refractivity contribution is 0.0895. The van der Waals surface area contributed by atoms with Gasteiger partial charge in [-0.25, -0.2) is 9.36 Å². The van der Waals surface area contributed by atoms with Crippen molar-refractivity contribution in [1.82, 2.24) is 9.13 Å². The summed E-state index contributed by atoms with van der Waals surface area (Å²) < 4.78 is 8.21. The predicted molar refractivity (Wildman–Crippen MR) is 82.8 cm³/mol. The lowest BCUT2D eigenvalue weighted by atomic mass is 10.3. The average molecular weight is 341 g/mol. The van der Waals surface area contributed by atoms with Crippen LogP contribution in [0.15, 0.2) is 51.2 Å². The van der Waals surface area contributed by atoms with Crippen LogP contribution in [0.4, 0.5) is 0 Å². The van der Waals surface area contributed by atoms with E-state index >= 15 is 0 Å². The zero-order chi connectivity index (χ0) is 15.3. The van der Waals surface area contributed by atoms with E-state index < -0.39 is 5.69 Å². The van der Waals surface area contributed by atoms with Gasteiger partial charge in [-0.15, -0.1) is 0 Å². The molecule has 0 spiro atoms. The molecule has 1 aromatic heterocycles. The van der Waals surface area contributed by atoms with Gasteiger partial charge < -0.3 is 4.74 Å². The van der Waals surface area contributed by atoms with Gasteiger partial charge in [0.05, 0.1) is 11.2 Å². The van der Waals surface area contributed by atoms with Crippen molar-refractivity contribution in [3.63, 3.8) is 0 Å². The average Bonchev–Trinajstić information content (AvgIpc) is 2.44. The van der Waals surface area contributed by atoms with E-state index in [1.54, 1.807) is 32.2 Å². The Morgan fingerprint density at radius 3 is 2.70 bits per heavy atom. The van der Waals surface area contributed by atoms with Crippen LogP contribution in [0, 0.1) is 6.92 Å². The molecule has 0 unspecified atom stereocenters. The number of rotatable bonds is 6. The summed E-state index contributed by atoms with van der Waals surface area (Å²) in [5.41, 5.74) is 0.386. The summed E-state index contributed by atoms with van der Waals surface area (Å²) >= 11 is 3.21. The van der Waals surface area contributed by atoms with E-state index in [-0.39, 0.29) is 18.9 Å². The van der Waals surface area contributed by atoms with Gasteiger partial charge >= 0.3 is 5.69 Å². The fourth-order valence-corrected chi connectivity index (χ4v) is 1.85. The molecule has 0 aliphatic carbocycles. The number of nitrogens with zero attached hydrogens (tertiary/aromatic N) is 2. The van der Waals surface area contributed by atoms with Gasteiger partial charge in [0.15, 0.2) is 0 Å². The van der Waals surface area contributed by atoms with Crippen LogP contribution in [0.1, 0.15) is 5.56 Å². The summed E-state index contributed by atoms with van der Waals surface area (Å²) in [7, 11) is 1.58. The number of hydrogen-bond acceptors (Lipinski definition) is 3. The second kappa shape index (κ2) is 7.21. The van der Waals surface area contributed by atoms with Crippen LogP contribution in [0.3, 0.4) is 0 Å². The highest BCUT2D eigenvalue weighted by Gasteiger charge is 2.11. The molecule has 0 aromatic carbocycles. The Bertz CT molecular complexity index is 631. The molecule has 20 heavy (non-hydrogen) atoms. The molecule has 1 aromatic rings. The SMILES string of the molecule is C=C/C=C\C(=C)COCn1c(=O)c(C)c(Br)n(C)c1=O. The van der Waals surface area contributed by atoms with Crippen LogP contribution in [0.5, 0.6) is 0 Å². The maximum Gasteiger partial charge on any atom is 0.333 e. The number of hydrogen-bond donors (Lipinski definition) is 0. The Hall–Kier alpha value is -1.66. The highest BCUT2D eigenvalue weighted by atomic mass is 79.9. The molecule has 108 valence electrons. The van der Waals surface area contributed by atoms with Gasteiger partial charge in [0, 0.05) is 12.6 Å². The zero-order valence-electron chi connectivity index (χ0n) is 11.6. The molecule has 0 aliphatic heterocycles. The lowest BCUT2D eigenvalue weighted by Crippen LogP contribution is -2.41. The normalized spacial score (nSPS) is 10.9. The minimum absolute atomic E-state index is 0.111. The molecule has 0 saturated heterocycles. The highest BCUT2D eigenvalue weighted by Crippen LogP contribution is 2.07. The number of allylic oxidation sites excluding steroid dienone is 2. The number of halogens is 1. The van der Waals surface area contributed by atoms with E-state index in [1.807, 2.05) is 0 Å². The molecule has 0 N–H and O–H groups in total. The molecule has 0 bridgehead atoms. The van der Waals surface area contributed by atoms with Gasteiger partial charge in [-0.2, -0.15) is 0 Å². The van der Waals surface area contributed by atoms with Gasteiger partial charge in [0.25, 0.3) is 5.56 Å². The molecular weight excluding hydrogens is 324 g/mol. The monoisotopic (exact) mass is 340 g/mol. The smallest absolute Gasteiger partial charge is 0.333 e. The first kappa shape index (κ1) is 16.4. The van der Waals surface area contributed by atoms with Crippen molar-refractivity contribution in [2.24, 2.45) is 7.05 Å². The third kappa shape index (κ3) is 3.68. The summed E-state index contributed by atoms with van der Waals surface area (Å²) in [6, 6.07) is 0. The second-order valence-corrected chi connectivity index (χ2v) is 4.97. The van der Waals surface area contributed by atoms with Crippen molar-refractivity contribution in [3.8, 4) is 0 Å². The Morgan fingerprint density at radius 1 is 1.45 bits per heavy atom. The topological polar surface area (TPSA) is 53.2 Å². The Balaban J connectivity index is 2.88. The summed E-state index contributed by atoms with van der Waals surface area (Å²) in [4.78, 5) is 24.0. The van der Waals surface area contributed by atoms with Crippen LogP contribution in [-0.4, -0.2) is 15.7 Å². The van der Waals surface area contributed by atoms with E-state index in [9.17, 15) is 9.59 Å². The first-order valence-corrected chi connectivity index (χ1v) is 6.70. The fourth-order valence-electron chi connectivity index (χ4n) is 1.53. The second-order valence-electron chi connectivity index (χ2n) is 4.22. The van der Waals surface area contributed by atoms with Crippen LogP contribution < -0.4 is 11.2 Å². The predicted octanol–water partition coefficient (Wildman–Crippen LogP) is 1.89. The maximum absolute atomic E-state index is 12.0. The van der Waals surface area contributed by atoms with E-state index in [2.05, 4.69) is 29.1 Å². The summed E-state index contributed by atoms with van der Waals surface area (Å²) in [5, 5.41) is 0. The van der Waals surface area contributed by atoms with Gasteiger partial charge in [0.2, 0.25) is 0 Å². The minimum atomic E-state index is -0.431. The van der Waals surface area contributed by atoms with Crippen molar-refractivity contribution in [2.45, 2.75) is 13.7 Å². The van der Waals surface area contributed by atoms with Crippen LogP contribution in [0.25, 0.3) is 0 Å². The zero-order valence-corrected chi connectivity index (χ0v) is 13.1. The van der Waals surface area contributed by atoms with Crippen molar-refractivity contribution < 1.29 is 4.74 Å². The quantitative estimate of drug-likeness (QED) is 0.587. The summed E-state index contributed by atoms with van der Waals surface area (Å²) in [6.07, 6.45) is 5.12. The third-order valence-electron chi connectivity index (χ3n) is 2.66. The summed E-state index contributed by atoms with van der Waals surface area (Å²) in [5.74, 6) is 0. The highest BCUT2D eigenvalue weighted by molar-refractivity contribution is 9.10. The largest absolute Gasteiger partial charge is 0.356 e. The maximum atomic E-state index is 12.0. The van der Waals surface area contributed by atoms with Gasteiger partial charge in [-0.3, -0.25) is 9.36 Å². The van der Waals surface area contributed by atoms with Crippen molar-refractivity contribution in [3.05, 3.63) is 68.0 Å². The Kier molecular flexibility index (Phi) is 5.91. The molecule has 0 radical (unpaired) electrons. The molecule has 0 atom stereocenters. The molecule has 0 aliphatic rings. The third-order valence-corrected chi connectivity index (χ3v) is 3.79. The molecule has 5 nitrogen and oxygen atoms in total. The summed E-state index contributed by atoms with van der Waals surface area (Å²) in [6.45, 7) is 9.10. The molecule has 1 heterocycles. The number of aromatic nitrogens is 2. The first-order chi connectivity index (χ1) is 9.40. The van der Waals surface area contributed by atoms with Crippen molar-refractivity contribution in [1.29, 1.82) is 0 Å². The van der Waals surface area contributed by atoms with Gasteiger partial charge in [-0.05, 0) is 28.4 Å². The molecule has 6 heteroatoms. The van der Waals surface area contributed by atoms with E-state index in [0.29, 0.717) is 10.2 Å². The van der Waals surface area contributed by atoms with Crippen LogP contribution in [0.2, 0.25) is 0 Å². The minimum Gasteiger partial charge on any atom is -0.356 e. The Morgan fingerprint density at radius 2 is 2.10 bits per heavy atom. The number of ether oxygens (including phenoxy) is 1. The first-order valence-electron chi connectivity index (χ1n) is 5.90. The molecule has 1 rings (SSSR count). The van der Waals surface area contributed by atoms with Crippen molar-refractivity contribution >= 4 is 15.9 Å². The van der Waals surface area contributed by atoms with Crippen LogP contribution in [-0.2, 0) is 18.5 Å². The van der Waals surface area contributed by atoms with Crippen molar-refractivity contribution in [2.75, 3.05) is 6.61 Å². The Labute approximate surface area is 125 Å². The van der Waals surface area contributed by atoms with E-state index in [0.717, 1.165) is 10.1 Å². The van der Waals surface area contributed by atoms with Crippen LogP contribution >= 0.6 is 15.9 Å².